The van der Waals surface area contributed by atoms with Gasteiger partial charge in [0.25, 0.3) is 0 Å². The molecule has 2 rings (SSSR count). The molecule has 0 unspecified atom stereocenters. The molecule has 0 aliphatic carbocycles. The van der Waals surface area contributed by atoms with E-state index < -0.39 is 5.83 Å². The van der Waals surface area contributed by atoms with E-state index >= 15 is 0 Å². The van der Waals surface area contributed by atoms with Gasteiger partial charge in [-0.05, 0) is 6.08 Å². The van der Waals surface area contributed by atoms with Crippen molar-refractivity contribution in [2.45, 2.75) is 6.54 Å². The van der Waals surface area contributed by atoms with Crippen LogP contribution in [0.3, 0.4) is 0 Å². The summed E-state index contributed by atoms with van der Waals surface area (Å²) in [5, 5.41) is 0. The van der Waals surface area contributed by atoms with Gasteiger partial charge in [0.05, 0.1) is 12.7 Å². The maximum atomic E-state index is 13.4. The molecule has 6 nitrogen and oxygen atoms in total. The molecule has 2 aromatic heterocycles. The lowest BCUT2D eigenvalue weighted by atomic mass is 10.4. The van der Waals surface area contributed by atoms with Gasteiger partial charge in [-0.3, -0.25) is 9.13 Å². The molecule has 0 spiro atoms. The summed E-state index contributed by atoms with van der Waals surface area (Å²) in [5.41, 5.74) is 5.85. The lowest BCUT2D eigenvalue weighted by Gasteiger charge is -1.99. The Balaban J connectivity index is 2.58. The van der Waals surface area contributed by atoms with Crippen molar-refractivity contribution >= 4 is 11.2 Å². The molecule has 0 amide bonds. The van der Waals surface area contributed by atoms with Gasteiger partial charge in [0.15, 0.2) is 5.65 Å². The molecule has 0 bridgehead atoms. The van der Waals surface area contributed by atoms with Crippen LogP contribution in [0.15, 0.2) is 29.2 Å². The number of hydrogen-bond donors (Lipinski definition) is 1. The molecule has 7 heteroatoms. The Morgan fingerprint density at radius 1 is 1.65 bits per heavy atom. The molecule has 0 fully saturated rings. The summed E-state index contributed by atoms with van der Waals surface area (Å²) in [6.07, 6.45) is 4.07. The molecule has 0 radical (unpaired) electrons. The highest BCUT2D eigenvalue weighted by Gasteiger charge is 2.12. The standard InChI is InChI=1S/C10H12FN5O/c1-15-8-4-13-6-14-9(8)16(10(15)17)5-7(11)2-3-12/h2,4,6H,3,5,12H2,1H3. The highest BCUT2D eigenvalue weighted by atomic mass is 19.1. The number of nitrogens with zero attached hydrogens (tertiary/aromatic N) is 4. The number of aryl methyl sites for hydroxylation is 1. The van der Waals surface area contributed by atoms with Crippen molar-refractivity contribution in [3.63, 3.8) is 0 Å². The zero-order valence-corrected chi connectivity index (χ0v) is 9.30. The fraction of sp³-hybridized carbons (Fsp3) is 0.300. The third-order valence-corrected chi connectivity index (χ3v) is 2.46. The van der Waals surface area contributed by atoms with Crippen LogP contribution >= 0.6 is 0 Å². The number of halogens is 1. The quantitative estimate of drug-likeness (QED) is 0.811. The van der Waals surface area contributed by atoms with E-state index in [1.807, 2.05) is 0 Å². The van der Waals surface area contributed by atoms with Gasteiger partial charge < -0.3 is 5.73 Å². The van der Waals surface area contributed by atoms with Crippen LogP contribution in [0.5, 0.6) is 0 Å². The van der Waals surface area contributed by atoms with Gasteiger partial charge in [-0.1, -0.05) is 0 Å². The SMILES string of the molecule is Cn1c(=O)n(CC(F)=CCN)c2ncncc21. The second-order valence-electron chi connectivity index (χ2n) is 3.55. The molecule has 2 aromatic rings. The van der Waals surface area contributed by atoms with Crippen molar-refractivity contribution in [3.05, 3.63) is 34.9 Å². The first-order valence-corrected chi connectivity index (χ1v) is 5.05. The smallest absolute Gasteiger partial charge is 0.327 e. The summed E-state index contributed by atoms with van der Waals surface area (Å²) in [5.74, 6) is -0.458. The first kappa shape index (κ1) is 11.5. The molecule has 0 saturated heterocycles. The second kappa shape index (κ2) is 4.46. The monoisotopic (exact) mass is 237 g/mol. The maximum absolute atomic E-state index is 13.4. The molecule has 17 heavy (non-hydrogen) atoms. The summed E-state index contributed by atoms with van der Waals surface area (Å²) in [7, 11) is 1.59. The zero-order valence-electron chi connectivity index (χ0n) is 9.30. The number of imidazole rings is 1. The van der Waals surface area contributed by atoms with Gasteiger partial charge in [0, 0.05) is 13.6 Å². The van der Waals surface area contributed by atoms with Gasteiger partial charge >= 0.3 is 5.69 Å². The predicted molar refractivity (Wildman–Crippen MR) is 61.0 cm³/mol. The van der Waals surface area contributed by atoms with Gasteiger partial charge in [-0.15, -0.1) is 0 Å². The molecule has 0 aliphatic heterocycles. The Hall–Kier alpha value is -2.02. The van der Waals surface area contributed by atoms with Gasteiger partial charge in [0.1, 0.15) is 17.7 Å². The molecular weight excluding hydrogens is 225 g/mol. The fourth-order valence-corrected chi connectivity index (χ4v) is 1.62. The topological polar surface area (TPSA) is 78.7 Å². The van der Waals surface area contributed by atoms with E-state index in [1.165, 1.54) is 27.7 Å². The van der Waals surface area contributed by atoms with Crippen LogP contribution in [0.2, 0.25) is 0 Å². The Kier molecular flexibility index (Phi) is 3.01. The third-order valence-electron chi connectivity index (χ3n) is 2.46. The molecule has 0 saturated carbocycles. The highest BCUT2D eigenvalue weighted by Crippen LogP contribution is 2.09. The van der Waals surface area contributed by atoms with Crippen molar-refractivity contribution in [1.82, 2.24) is 19.1 Å². The van der Waals surface area contributed by atoms with Crippen LogP contribution < -0.4 is 11.4 Å². The Morgan fingerprint density at radius 2 is 2.41 bits per heavy atom. The minimum absolute atomic E-state index is 0.0976. The van der Waals surface area contributed by atoms with Crippen LogP contribution in [0.1, 0.15) is 0 Å². The number of allylic oxidation sites excluding steroid dienone is 1. The van der Waals surface area contributed by atoms with Gasteiger partial charge in [0.2, 0.25) is 0 Å². The van der Waals surface area contributed by atoms with Gasteiger partial charge in [-0.2, -0.15) is 0 Å². The number of aromatic nitrogens is 4. The number of rotatable bonds is 3. The van der Waals surface area contributed by atoms with Crippen molar-refractivity contribution in [1.29, 1.82) is 0 Å². The Labute approximate surface area is 96.2 Å². The van der Waals surface area contributed by atoms with E-state index in [2.05, 4.69) is 9.97 Å². The molecule has 0 aromatic carbocycles. The Morgan fingerprint density at radius 3 is 3.12 bits per heavy atom. The van der Waals surface area contributed by atoms with E-state index in [0.717, 1.165) is 0 Å². The zero-order chi connectivity index (χ0) is 12.4. The average molecular weight is 237 g/mol. The minimum Gasteiger partial charge on any atom is -0.327 e. The highest BCUT2D eigenvalue weighted by molar-refractivity contribution is 5.69. The van der Waals surface area contributed by atoms with Crippen LogP contribution in [0, 0.1) is 0 Å². The van der Waals surface area contributed by atoms with Crippen LogP contribution in [-0.2, 0) is 13.6 Å². The van der Waals surface area contributed by atoms with E-state index in [-0.39, 0.29) is 18.8 Å². The van der Waals surface area contributed by atoms with Crippen LogP contribution in [0.25, 0.3) is 11.2 Å². The number of nitrogens with two attached hydrogens (primary N) is 1. The molecular formula is C10H12FN5O. The van der Waals surface area contributed by atoms with Crippen LogP contribution in [0.4, 0.5) is 4.39 Å². The Bertz CT molecular complexity index is 627. The summed E-state index contributed by atoms with van der Waals surface area (Å²) in [4.78, 5) is 19.7. The molecule has 0 aliphatic rings. The lowest BCUT2D eigenvalue weighted by Crippen LogP contribution is -2.22. The summed E-state index contributed by atoms with van der Waals surface area (Å²) in [6.45, 7) is -0.0648. The lowest BCUT2D eigenvalue weighted by molar-refractivity contribution is 0.546. The number of fused-ring (bicyclic) bond motifs is 1. The average Bonchev–Trinajstić information content (AvgIpc) is 2.56. The summed E-state index contributed by atoms with van der Waals surface area (Å²) >= 11 is 0. The van der Waals surface area contributed by atoms with E-state index in [1.54, 1.807) is 7.05 Å². The third kappa shape index (κ3) is 1.96. The largest absolute Gasteiger partial charge is 0.330 e. The van der Waals surface area contributed by atoms with E-state index in [0.29, 0.717) is 11.2 Å². The first-order chi connectivity index (χ1) is 8.15. The predicted octanol–water partition coefficient (Wildman–Crippen LogP) is -0.0579. The normalized spacial score (nSPS) is 12.3. The van der Waals surface area contributed by atoms with E-state index in [9.17, 15) is 9.18 Å². The maximum Gasteiger partial charge on any atom is 0.330 e. The van der Waals surface area contributed by atoms with Crippen molar-refractivity contribution in [2.24, 2.45) is 12.8 Å². The first-order valence-electron chi connectivity index (χ1n) is 5.05. The molecule has 90 valence electrons. The van der Waals surface area contributed by atoms with Crippen molar-refractivity contribution < 1.29 is 4.39 Å². The minimum atomic E-state index is -0.458. The molecule has 0 atom stereocenters. The van der Waals surface area contributed by atoms with Gasteiger partial charge in [-0.25, -0.2) is 19.2 Å². The second-order valence-corrected chi connectivity index (χ2v) is 3.55. The number of hydrogen-bond acceptors (Lipinski definition) is 4. The fourth-order valence-electron chi connectivity index (χ4n) is 1.62. The molecule has 2 N–H and O–H groups in total. The van der Waals surface area contributed by atoms with Crippen molar-refractivity contribution in [2.75, 3.05) is 6.54 Å². The van der Waals surface area contributed by atoms with Crippen LogP contribution in [-0.4, -0.2) is 25.6 Å². The van der Waals surface area contributed by atoms with E-state index in [4.69, 9.17) is 5.73 Å². The van der Waals surface area contributed by atoms with Crippen molar-refractivity contribution in [3.8, 4) is 0 Å². The molecule has 2 heterocycles. The summed E-state index contributed by atoms with van der Waals surface area (Å²) in [6, 6.07) is 0. The summed E-state index contributed by atoms with van der Waals surface area (Å²) < 4.78 is 16.0.